The Hall–Kier alpha value is -0.900. The third-order valence-electron chi connectivity index (χ3n) is 1.59. The van der Waals surface area contributed by atoms with E-state index in [0.29, 0.717) is 0 Å². The summed E-state index contributed by atoms with van der Waals surface area (Å²) in [7, 11) is 0. The van der Waals surface area contributed by atoms with Crippen LogP contribution in [0.4, 0.5) is 4.79 Å². The number of hydrogen-bond donors (Lipinski definition) is 1. The van der Waals surface area contributed by atoms with Crippen molar-refractivity contribution < 1.29 is 4.79 Å². The van der Waals surface area contributed by atoms with Gasteiger partial charge in [-0.05, 0) is 22.0 Å². The summed E-state index contributed by atoms with van der Waals surface area (Å²) in [6.45, 7) is 0. The molecular weight excluding hydrogens is 208 g/mol. The lowest BCUT2D eigenvalue weighted by atomic mass is 10.1. The van der Waals surface area contributed by atoms with Crippen LogP contribution in [0.2, 0.25) is 0 Å². The van der Waals surface area contributed by atoms with Gasteiger partial charge in [-0.1, -0.05) is 12.2 Å². The van der Waals surface area contributed by atoms with Crippen molar-refractivity contribution in [2.45, 2.75) is 6.04 Å². The number of halogens is 1. The molecule has 1 aliphatic heterocycles. The third-order valence-corrected chi connectivity index (χ3v) is 2.26. The largest absolute Gasteiger partial charge is 0.342 e. The normalized spacial score (nSPS) is 27.4. The van der Waals surface area contributed by atoms with Crippen LogP contribution in [0.5, 0.6) is 0 Å². The Balaban J connectivity index is 2.43. The average molecular weight is 213 g/mol. The molecule has 0 bridgehead atoms. The van der Waals surface area contributed by atoms with E-state index >= 15 is 0 Å². The van der Waals surface area contributed by atoms with Crippen LogP contribution in [-0.4, -0.2) is 17.8 Å². The molecule has 11 heavy (non-hydrogen) atoms. The molecule has 0 fully saturated rings. The van der Waals surface area contributed by atoms with E-state index in [2.05, 4.69) is 26.2 Å². The molecule has 3 nitrogen and oxygen atoms in total. The standard InChI is InChI=1S/C7H5BrN2O/c8-4-2-1-3-5-6(4)10-7(11)9-5/h1-3,5H,(H,9,11). The minimum Gasteiger partial charge on any atom is -0.324 e. The molecule has 0 aromatic rings. The van der Waals surface area contributed by atoms with Gasteiger partial charge in [0.1, 0.15) is 0 Å². The van der Waals surface area contributed by atoms with Crippen LogP contribution in [0.1, 0.15) is 0 Å². The first-order valence-corrected chi connectivity index (χ1v) is 4.00. The van der Waals surface area contributed by atoms with Gasteiger partial charge in [0, 0.05) is 4.48 Å². The molecule has 1 aliphatic carbocycles. The summed E-state index contributed by atoms with van der Waals surface area (Å²) in [5, 5.41) is 2.69. The Kier molecular flexibility index (Phi) is 1.42. The van der Waals surface area contributed by atoms with Crippen LogP contribution in [0, 0.1) is 0 Å². The monoisotopic (exact) mass is 212 g/mol. The second-order valence-corrected chi connectivity index (χ2v) is 3.18. The van der Waals surface area contributed by atoms with Crippen molar-refractivity contribution in [1.82, 2.24) is 5.32 Å². The summed E-state index contributed by atoms with van der Waals surface area (Å²) in [5.74, 6) is 0. The van der Waals surface area contributed by atoms with Crippen molar-refractivity contribution >= 4 is 27.7 Å². The zero-order chi connectivity index (χ0) is 7.84. The lowest BCUT2D eigenvalue weighted by Crippen LogP contribution is -2.30. The lowest BCUT2D eigenvalue weighted by Gasteiger charge is -2.10. The highest BCUT2D eigenvalue weighted by Gasteiger charge is 2.26. The number of nitrogens with zero attached hydrogens (tertiary/aromatic N) is 1. The third kappa shape index (κ3) is 1.03. The molecular formula is C7H5BrN2O. The number of carbonyl (C=O) groups excluding carboxylic acids is 1. The van der Waals surface area contributed by atoms with Crippen LogP contribution in [-0.2, 0) is 0 Å². The molecule has 0 aromatic heterocycles. The van der Waals surface area contributed by atoms with E-state index < -0.39 is 0 Å². The summed E-state index contributed by atoms with van der Waals surface area (Å²) in [6, 6.07) is -0.288. The molecule has 0 spiro atoms. The van der Waals surface area contributed by atoms with Gasteiger partial charge in [0.05, 0.1) is 11.8 Å². The Morgan fingerprint density at radius 1 is 1.64 bits per heavy atom. The number of fused-ring (bicyclic) bond motifs is 1. The van der Waals surface area contributed by atoms with Crippen molar-refractivity contribution in [3.05, 3.63) is 22.7 Å². The summed E-state index contributed by atoms with van der Waals surface area (Å²) in [4.78, 5) is 14.6. The van der Waals surface area contributed by atoms with Crippen molar-refractivity contribution in [3.63, 3.8) is 0 Å². The first kappa shape index (κ1) is 6.79. The maximum atomic E-state index is 10.8. The molecule has 1 unspecified atom stereocenters. The molecule has 4 heteroatoms. The highest BCUT2D eigenvalue weighted by molar-refractivity contribution is 9.12. The van der Waals surface area contributed by atoms with Gasteiger partial charge in [-0.3, -0.25) is 0 Å². The van der Waals surface area contributed by atoms with Gasteiger partial charge < -0.3 is 5.32 Å². The zero-order valence-electron chi connectivity index (χ0n) is 5.54. The Morgan fingerprint density at radius 3 is 3.18 bits per heavy atom. The summed E-state index contributed by atoms with van der Waals surface area (Å²) < 4.78 is 0.878. The van der Waals surface area contributed by atoms with Gasteiger partial charge in [-0.2, -0.15) is 4.99 Å². The van der Waals surface area contributed by atoms with E-state index in [4.69, 9.17) is 0 Å². The van der Waals surface area contributed by atoms with E-state index in [1.807, 2.05) is 18.2 Å². The first-order valence-electron chi connectivity index (χ1n) is 3.21. The molecule has 1 N–H and O–H groups in total. The summed E-state index contributed by atoms with van der Waals surface area (Å²) >= 11 is 3.31. The van der Waals surface area contributed by atoms with E-state index in [-0.39, 0.29) is 12.1 Å². The molecule has 0 saturated heterocycles. The number of urea groups is 1. The smallest absolute Gasteiger partial charge is 0.324 e. The Bertz CT molecular complexity index is 304. The highest BCUT2D eigenvalue weighted by atomic mass is 79.9. The average Bonchev–Trinajstić information content (AvgIpc) is 2.31. The molecule has 56 valence electrons. The highest BCUT2D eigenvalue weighted by Crippen LogP contribution is 2.19. The van der Waals surface area contributed by atoms with Crippen molar-refractivity contribution in [1.29, 1.82) is 0 Å². The van der Waals surface area contributed by atoms with Gasteiger partial charge in [-0.25, -0.2) is 4.79 Å². The molecule has 1 atom stereocenters. The molecule has 2 rings (SSSR count). The maximum Gasteiger partial charge on any atom is 0.342 e. The Morgan fingerprint density at radius 2 is 2.45 bits per heavy atom. The fraction of sp³-hybridized carbons (Fsp3) is 0.143. The number of allylic oxidation sites excluding steroid dienone is 2. The summed E-state index contributed by atoms with van der Waals surface area (Å²) in [6.07, 6.45) is 5.66. The molecule has 1 heterocycles. The Labute approximate surface area is 72.0 Å². The first-order chi connectivity index (χ1) is 5.27. The minimum absolute atomic E-state index is 0.0260. The summed E-state index contributed by atoms with van der Waals surface area (Å²) in [5.41, 5.74) is 0.775. The van der Waals surface area contributed by atoms with Crippen molar-refractivity contribution in [3.8, 4) is 0 Å². The van der Waals surface area contributed by atoms with Crippen LogP contribution < -0.4 is 5.32 Å². The maximum absolute atomic E-state index is 10.8. The van der Waals surface area contributed by atoms with Gasteiger partial charge in [0.2, 0.25) is 0 Å². The molecule has 0 aromatic carbocycles. The molecule has 0 saturated carbocycles. The number of rotatable bonds is 0. The van der Waals surface area contributed by atoms with Gasteiger partial charge in [0.15, 0.2) is 0 Å². The number of hydrogen-bond acceptors (Lipinski definition) is 1. The topological polar surface area (TPSA) is 41.5 Å². The predicted molar refractivity (Wildman–Crippen MR) is 45.9 cm³/mol. The number of amides is 2. The number of nitrogens with one attached hydrogen (secondary N) is 1. The SMILES string of the molecule is O=C1N=C2C(Br)=CC=CC2N1. The molecule has 2 aliphatic rings. The van der Waals surface area contributed by atoms with E-state index in [9.17, 15) is 4.79 Å². The van der Waals surface area contributed by atoms with Gasteiger partial charge in [0.25, 0.3) is 0 Å². The van der Waals surface area contributed by atoms with E-state index in [1.54, 1.807) is 0 Å². The number of aliphatic imine (C=N–C) groups is 1. The lowest BCUT2D eigenvalue weighted by molar-refractivity contribution is 0.251. The zero-order valence-corrected chi connectivity index (χ0v) is 7.13. The van der Waals surface area contributed by atoms with E-state index in [0.717, 1.165) is 10.2 Å². The molecule has 2 amide bonds. The molecule has 0 radical (unpaired) electrons. The van der Waals surface area contributed by atoms with E-state index in [1.165, 1.54) is 0 Å². The fourth-order valence-electron chi connectivity index (χ4n) is 1.09. The van der Waals surface area contributed by atoms with Crippen LogP contribution >= 0.6 is 15.9 Å². The van der Waals surface area contributed by atoms with Crippen LogP contribution in [0.3, 0.4) is 0 Å². The van der Waals surface area contributed by atoms with Gasteiger partial charge in [-0.15, -0.1) is 0 Å². The minimum atomic E-state index is -0.262. The van der Waals surface area contributed by atoms with Crippen molar-refractivity contribution in [2.24, 2.45) is 4.99 Å². The van der Waals surface area contributed by atoms with Gasteiger partial charge >= 0.3 is 6.03 Å². The second kappa shape index (κ2) is 2.30. The fourth-order valence-corrected chi connectivity index (χ4v) is 1.58. The predicted octanol–water partition coefficient (Wildman–Crippen LogP) is 1.37. The van der Waals surface area contributed by atoms with Crippen molar-refractivity contribution in [2.75, 3.05) is 0 Å². The quantitative estimate of drug-likeness (QED) is 0.648. The number of carbonyl (C=O) groups is 1. The second-order valence-electron chi connectivity index (χ2n) is 2.32. The van der Waals surface area contributed by atoms with Crippen LogP contribution in [0.15, 0.2) is 27.7 Å². The van der Waals surface area contributed by atoms with Crippen LogP contribution in [0.25, 0.3) is 0 Å².